The number of aryl methyl sites for hydroxylation is 1. The van der Waals surface area contributed by atoms with Gasteiger partial charge in [0.05, 0.1) is 11.0 Å². The standard InChI is InChI=1S/C22H17ClN2O2/c1-14-10-11-15(23)12-18(14)24-21(26)13-25-19-8-4-2-6-16(19)22(27)17-7-3-5-9-20(17)25/h2-12H,13H2,1H3,(H,24,26). The zero-order valence-corrected chi connectivity index (χ0v) is 15.5. The fourth-order valence-corrected chi connectivity index (χ4v) is 3.48. The summed E-state index contributed by atoms with van der Waals surface area (Å²) in [6.07, 6.45) is 0. The Labute approximate surface area is 161 Å². The predicted octanol–water partition coefficient (Wildman–Crippen LogP) is 4.76. The van der Waals surface area contributed by atoms with Gasteiger partial charge in [0.1, 0.15) is 6.54 Å². The summed E-state index contributed by atoms with van der Waals surface area (Å²) < 4.78 is 1.88. The number of pyridine rings is 1. The van der Waals surface area contributed by atoms with Crippen LogP contribution in [-0.2, 0) is 11.3 Å². The van der Waals surface area contributed by atoms with E-state index in [1.807, 2.05) is 54.0 Å². The number of amides is 1. The Morgan fingerprint density at radius 1 is 0.963 bits per heavy atom. The third kappa shape index (κ3) is 3.20. The van der Waals surface area contributed by atoms with Gasteiger partial charge in [0.15, 0.2) is 5.43 Å². The first-order chi connectivity index (χ1) is 13.0. The molecule has 1 N–H and O–H groups in total. The highest BCUT2D eigenvalue weighted by Crippen LogP contribution is 2.22. The molecule has 27 heavy (non-hydrogen) atoms. The van der Waals surface area contributed by atoms with Crippen LogP contribution in [0, 0.1) is 6.92 Å². The van der Waals surface area contributed by atoms with Gasteiger partial charge in [0.2, 0.25) is 5.91 Å². The van der Waals surface area contributed by atoms with Crippen molar-refractivity contribution in [1.29, 1.82) is 0 Å². The lowest BCUT2D eigenvalue weighted by atomic mass is 10.1. The van der Waals surface area contributed by atoms with Crippen LogP contribution in [-0.4, -0.2) is 10.5 Å². The van der Waals surface area contributed by atoms with Crippen LogP contribution < -0.4 is 10.7 Å². The monoisotopic (exact) mass is 376 g/mol. The second-order valence-corrected chi connectivity index (χ2v) is 6.89. The second-order valence-electron chi connectivity index (χ2n) is 6.46. The van der Waals surface area contributed by atoms with E-state index in [-0.39, 0.29) is 17.9 Å². The molecule has 0 atom stereocenters. The van der Waals surface area contributed by atoms with Crippen molar-refractivity contribution in [1.82, 2.24) is 4.57 Å². The van der Waals surface area contributed by atoms with E-state index in [4.69, 9.17) is 11.6 Å². The van der Waals surface area contributed by atoms with Crippen LogP contribution in [0.1, 0.15) is 5.56 Å². The third-order valence-corrected chi connectivity index (χ3v) is 4.89. The Bertz CT molecular complexity index is 1180. The average Bonchev–Trinajstić information content (AvgIpc) is 2.68. The molecule has 0 aliphatic heterocycles. The number of aromatic nitrogens is 1. The highest BCUT2D eigenvalue weighted by atomic mass is 35.5. The first-order valence-corrected chi connectivity index (χ1v) is 8.98. The van der Waals surface area contributed by atoms with Crippen LogP contribution in [0.5, 0.6) is 0 Å². The lowest BCUT2D eigenvalue weighted by Gasteiger charge is -2.15. The van der Waals surface area contributed by atoms with Gasteiger partial charge in [-0.2, -0.15) is 0 Å². The quantitative estimate of drug-likeness (QED) is 0.524. The molecule has 0 saturated carbocycles. The van der Waals surface area contributed by atoms with Crippen LogP contribution in [0.4, 0.5) is 5.69 Å². The maximum atomic E-state index is 12.8. The van der Waals surface area contributed by atoms with E-state index in [0.717, 1.165) is 16.6 Å². The molecule has 3 aromatic carbocycles. The van der Waals surface area contributed by atoms with Crippen molar-refractivity contribution in [3.05, 3.63) is 87.5 Å². The highest BCUT2D eigenvalue weighted by molar-refractivity contribution is 6.31. The van der Waals surface area contributed by atoms with E-state index in [9.17, 15) is 9.59 Å². The number of hydrogen-bond donors (Lipinski definition) is 1. The molecule has 1 aromatic heterocycles. The van der Waals surface area contributed by atoms with Crippen LogP contribution >= 0.6 is 11.6 Å². The van der Waals surface area contributed by atoms with Gasteiger partial charge in [-0.3, -0.25) is 9.59 Å². The number of nitrogens with zero attached hydrogens (tertiary/aromatic N) is 1. The van der Waals surface area contributed by atoms with Crippen molar-refractivity contribution in [2.24, 2.45) is 0 Å². The number of anilines is 1. The van der Waals surface area contributed by atoms with Crippen LogP contribution in [0.3, 0.4) is 0 Å². The molecule has 0 unspecified atom stereocenters. The van der Waals surface area contributed by atoms with Gasteiger partial charge in [-0.05, 0) is 48.9 Å². The van der Waals surface area contributed by atoms with E-state index in [2.05, 4.69) is 5.32 Å². The lowest BCUT2D eigenvalue weighted by Crippen LogP contribution is -2.21. The van der Waals surface area contributed by atoms with Gasteiger partial charge in [-0.25, -0.2) is 0 Å². The molecular weight excluding hydrogens is 360 g/mol. The average molecular weight is 377 g/mol. The minimum absolute atomic E-state index is 0.0245. The molecule has 0 saturated heterocycles. The van der Waals surface area contributed by atoms with Crippen molar-refractivity contribution in [2.45, 2.75) is 13.5 Å². The molecule has 0 spiro atoms. The number of fused-ring (bicyclic) bond motifs is 2. The Balaban J connectivity index is 1.81. The molecule has 4 rings (SSSR count). The van der Waals surface area contributed by atoms with Crippen molar-refractivity contribution < 1.29 is 4.79 Å². The summed E-state index contributed by atoms with van der Waals surface area (Å²) in [4.78, 5) is 25.5. The van der Waals surface area contributed by atoms with Crippen LogP contribution in [0.15, 0.2) is 71.5 Å². The predicted molar refractivity (Wildman–Crippen MR) is 111 cm³/mol. The molecule has 1 heterocycles. The number of carbonyl (C=O) groups excluding carboxylic acids is 1. The van der Waals surface area contributed by atoms with E-state index < -0.39 is 0 Å². The first kappa shape index (κ1) is 17.3. The Kier molecular flexibility index (Phi) is 4.42. The van der Waals surface area contributed by atoms with Gasteiger partial charge in [-0.1, -0.05) is 41.9 Å². The minimum Gasteiger partial charge on any atom is -0.331 e. The Morgan fingerprint density at radius 3 is 2.19 bits per heavy atom. The van der Waals surface area contributed by atoms with Crippen molar-refractivity contribution in [3.8, 4) is 0 Å². The van der Waals surface area contributed by atoms with E-state index >= 15 is 0 Å². The van der Waals surface area contributed by atoms with Gasteiger partial charge >= 0.3 is 0 Å². The zero-order valence-electron chi connectivity index (χ0n) is 14.7. The van der Waals surface area contributed by atoms with Gasteiger partial charge in [0, 0.05) is 21.5 Å². The normalized spacial score (nSPS) is 11.0. The van der Waals surface area contributed by atoms with Gasteiger partial charge in [0.25, 0.3) is 0 Å². The number of hydrogen-bond acceptors (Lipinski definition) is 2. The molecule has 0 aliphatic carbocycles. The Morgan fingerprint density at radius 2 is 1.56 bits per heavy atom. The number of rotatable bonds is 3. The number of nitrogens with one attached hydrogen (secondary N) is 1. The summed E-state index contributed by atoms with van der Waals surface area (Å²) in [6, 6.07) is 20.1. The molecule has 134 valence electrons. The number of halogens is 1. The van der Waals surface area contributed by atoms with E-state index in [1.165, 1.54) is 0 Å². The number of benzene rings is 3. The summed E-state index contributed by atoms with van der Waals surface area (Å²) in [5.41, 5.74) is 3.06. The molecule has 4 nitrogen and oxygen atoms in total. The van der Waals surface area contributed by atoms with Gasteiger partial charge in [-0.15, -0.1) is 0 Å². The smallest absolute Gasteiger partial charge is 0.244 e. The maximum absolute atomic E-state index is 12.8. The number of para-hydroxylation sites is 2. The van der Waals surface area contributed by atoms with Crippen LogP contribution in [0.2, 0.25) is 5.02 Å². The fourth-order valence-electron chi connectivity index (χ4n) is 3.31. The molecule has 1 amide bonds. The van der Waals surface area contributed by atoms with Crippen molar-refractivity contribution in [3.63, 3.8) is 0 Å². The molecule has 0 aliphatic rings. The molecule has 0 fully saturated rings. The third-order valence-electron chi connectivity index (χ3n) is 4.65. The largest absolute Gasteiger partial charge is 0.331 e. The SMILES string of the molecule is Cc1ccc(Cl)cc1NC(=O)Cn1c2ccccc2c(=O)c2ccccc21. The Hall–Kier alpha value is -3.11. The first-order valence-electron chi connectivity index (χ1n) is 8.61. The maximum Gasteiger partial charge on any atom is 0.244 e. The topological polar surface area (TPSA) is 51.1 Å². The van der Waals surface area contributed by atoms with Gasteiger partial charge < -0.3 is 9.88 Å². The summed E-state index contributed by atoms with van der Waals surface area (Å²) in [5, 5.41) is 4.69. The van der Waals surface area contributed by atoms with Crippen molar-refractivity contribution in [2.75, 3.05) is 5.32 Å². The van der Waals surface area contributed by atoms with E-state index in [1.54, 1.807) is 24.3 Å². The lowest BCUT2D eigenvalue weighted by molar-refractivity contribution is -0.116. The van der Waals surface area contributed by atoms with Crippen LogP contribution in [0.25, 0.3) is 21.8 Å². The molecule has 5 heteroatoms. The molecule has 4 aromatic rings. The summed E-state index contributed by atoms with van der Waals surface area (Å²) in [5.74, 6) is -0.181. The summed E-state index contributed by atoms with van der Waals surface area (Å²) >= 11 is 6.04. The summed E-state index contributed by atoms with van der Waals surface area (Å²) in [7, 11) is 0. The van der Waals surface area contributed by atoms with E-state index in [0.29, 0.717) is 21.5 Å². The highest BCUT2D eigenvalue weighted by Gasteiger charge is 2.13. The number of carbonyl (C=O) groups is 1. The van der Waals surface area contributed by atoms with Crippen molar-refractivity contribution >= 4 is 45.0 Å². The fraction of sp³-hybridized carbons (Fsp3) is 0.0909. The summed E-state index contributed by atoms with van der Waals surface area (Å²) in [6.45, 7) is 2.00. The molecule has 0 bridgehead atoms. The zero-order chi connectivity index (χ0) is 19.0. The minimum atomic E-state index is -0.181. The molecule has 0 radical (unpaired) electrons. The molecular formula is C22H17ClN2O2. The second kappa shape index (κ2) is 6.89.